The van der Waals surface area contributed by atoms with Crippen LogP contribution in [0.25, 0.3) is 0 Å². The van der Waals surface area contributed by atoms with Crippen LogP contribution in [0.3, 0.4) is 0 Å². The van der Waals surface area contributed by atoms with E-state index < -0.39 is 0 Å². The first-order valence-corrected chi connectivity index (χ1v) is 13.7. The van der Waals surface area contributed by atoms with Gasteiger partial charge in [-0.3, -0.25) is 4.79 Å². The highest BCUT2D eigenvalue weighted by Crippen LogP contribution is 2.44. The predicted octanol–water partition coefficient (Wildman–Crippen LogP) is 6.01. The lowest BCUT2D eigenvalue weighted by Crippen LogP contribution is -2.29. The van der Waals surface area contributed by atoms with E-state index in [1.54, 1.807) is 6.33 Å². The molecular weight excluding hydrogens is 470 g/mol. The molecule has 7 heteroatoms. The van der Waals surface area contributed by atoms with Gasteiger partial charge in [-0.1, -0.05) is 36.6 Å². The van der Waals surface area contributed by atoms with Gasteiger partial charge in [0.15, 0.2) is 0 Å². The molecule has 0 saturated heterocycles. The Morgan fingerprint density at radius 3 is 2.58 bits per heavy atom. The molecule has 2 aromatic carbocycles. The van der Waals surface area contributed by atoms with Crippen molar-refractivity contribution in [2.45, 2.75) is 64.0 Å². The van der Waals surface area contributed by atoms with Gasteiger partial charge < -0.3 is 14.8 Å². The van der Waals surface area contributed by atoms with Crippen molar-refractivity contribution in [3.05, 3.63) is 75.8 Å². The predicted molar refractivity (Wildman–Crippen MR) is 142 cm³/mol. The minimum atomic E-state index is 0.0240. The molecule has 36 heavy (non-hydrogen) atoms. The number of carbonyl (C=O) groups is 1. The maximum atomic E-state index is 13.6. The summed E-state index contributed by atoms with van der Waals surface area (Å²) in [7, 11) is 2.01. The van der Waals surface area contributed by atoms with Crippen molar-refractivity contribution in [1.29, 1.82) is 0 Å². The number of rotatable bonds is 8. The molecule has 188 valence electrons. The SMILES string of the molecule is C[C@@H](NCC1CCC1)c1cc(Cl)c2c(c1)C(=O)N(c1cccc([C@H](c3nncn3C)C3CCC3)c1)C2. The second kappa shape index (κ2) is 9.64. The van der Waals surface area contributed by atoms with Crippen LogP contribution in [0, 0.1) is 11.8 Å². The standard InChI is InChI=1S/C29H34ClN5O/c1-18(31-15-19-6-3-7-19)22-13-24-25(26(30)14-22)16-35(29(24)36)23-11-5-10-21(12-23)27(20-8-4-9-20)28-33-32-17-34(28)2/h5,10-14,17-20,27,31H,3-4,6-9,15-16H2,1-2H3/t18-,27-/m1/s1. The number of hydrogen-bond acceptors (Lipinski definition) is 4. The fourth-order valence-corrected chi connectivity index (χ4v) is 6.15. The number of nitrogens with one attached hydrogen (secondary N) is 1. The van der Waals surface area contributed by atoms with Crippen molar-refractivity contribution in [1.82, 2.24) is 20.1 Å². The summed E-state index contributed by atoms with van der Waals surface area (Å²) in [6.45, 7) is 3.68. The molecule has 2 aliphatic carbocycles. The number of aryl methyl sites for hydroxylation is 1. The molecule has 0 radical (unpaired) electrons. The van der Waals surface area contributed by atoms with E-state index >= 15 is 0 Å². The smallest absolute Gasteiger partial charge is 0.258 e. The number of carbonyl (C=O) groups excluding carboxylic acids is 1. The number of aromatic nitrogens is 3. The maximum absolute atomic E-state index is 13.6. The first kappa shape index (κ1) is 23.7. The first-order chi connectivity index (χ1) is 17.5. The molecule has 6 rings (SSSR count). The molecule has 3 aliphatic rings. The Balaban J connectivity index is 1.26. The van der Waals surface area contributed by atoms with Gasteiger partial charge in [0.1, 0.15) is 12.2 Å². The minimum absolute atomic E-state index is 0.0240. The van der Waals surface area contributed by atoms with E-state index in [-0.39, 0.29) is 17.9 Å². The average molecular weight is 504 g/mol. The van der Waals surface area contributed by atoms with E-state index in [9.17, 15) is 4.79 Å². The molecule has 0 unspecified atom stereocenters. The van der Waals surface area contributed by atoms with Gasteiger partial charge in [0.2, 0.25) is 0 Å². The molecule has 2 fully saturated rings. The van der Waals surface area contributed by atoms with Gasteiger partial charge in [-0.15, -0.1) is 10.2 Å². The fraction of sp³-hybridized carbons (Fsp3) is 0.483. The van der Waals surface area contributed by atoms with E-state index in [1.807, 2.05) is 34.7 Å². The van der Waals surface area contributed by atoms with Crippen LogP contribution in [0.1, 0.15) is 90.3 Å². The number of nitrogens with zero attached hydrogens (tertiary/aromatic N) is 4. The van der Waals surface area contributed by atoms with Crippen molar-refractivity contribution >= 4 is 23.2 Å². The fourth-order valence-electron chi connectivity index (χ4n) is 5.87. The monoisotopic (exact) mass is 503 g/mol. The first-order valence-electron chi connectivity index (χ1n) is 13.3. The molecule has 1 aliphatic heterocycles. The van der Waals surface area contributed by atoms with Gasteiger partial charge >= 0.3 is 0 Å². The zero-order valence-electron chi connectivity index (χ0n) is 21.1. The molecule has 1 N–H and O–H groups in total. The molecule has 2 saturated carbocycles. The van der Waals surface area contributed by atoms with E-state index in [0.717, 1.165) is 40.7 Å². The number of hydrogen-bond donors (Lipinski definition) is 1. The Labute approximate surface area is 218 Å². The van der Waals surface area contributed by atoms with Crippen LogP contribution in [0.2, 0.25) is 5.02 Å². The van der Waals surface area contributed by atoms with Crippen LogP contribution in [-0.2, 0) is 13.6 Å². The van der Waals surface area contributed by atoms with Gasteiger partial charge in [0, 0.05) is 40.8 Å². The summed E-state index contributed by atoms with van der Waals surface area (Å²) >= 11 is 6.75. The zero-order chi connectivity index (χ0) is 24.8. The van der Waals surface area contributed by atoms with Crippen LogP contribution >= 0.6 is 11.6 Å². The minimum Gasteiger partial charge on any atom is -0.320 e. The van der Waals surface area contributed by atoms with E-state index in [2.05, 4.69) is 40.6 Å². The molecule has 2 heterocycles. The zero-order valence-corrected chi connectivity index (χ0v) is 21.8. The summed E-state index contributed by atoms with van der Waals surface area (Å²) in [5, 5.41) is 12.9. The third-order valence-corrected chi connectivity index (χ3v) is 8.97. The molecule has 1 amide bonds. The van der Waals surface area contributed by atoms with Crippen LogP contribution in [0.15, 0.2) is 42.7 Å². The topological polar surface area (TPSA) is 63.1 Å². The average Bonchev–Trinajstić information content (AvgIpc) is 3.38. The normalized spacial score (nSPS) is 19.6. The van der Waals surface area contributed by atoms with Gasteiger partial charge in [-0.2, -0.15) is 0 Å². The lowest BCUT2D eigenvalue weighted by molar-refractivity contribution is 0.0996. The van der Waals surface area contributed by atoms with Gasteiger partial charge in [0.25, 0.3) is 5.91 Å². The molecule has 1 aromatic heterocycles. The number of halogens is 1. The summed E-state index contributed by atoms with van der Waals surface area (Å²) in [5.41, 5.74) is 4.83. The van der Waals surface area contributed by atoms with Gasteiger partial charge in [0.05, 0.1) is 6.54 Å². The van der Waals surface area contributed by atoms with E-state index in [1.165, 1.54) is 44.1 Å². The molecule has 3 aromatic rings. The third-order valence-electron chi connectivity index (χ3n) is 8.63. The highest BCUT2D eigenvalue weighted by Gasteiger charge is 2.35. The van der Waals surface area contributed by atoms with Crippen LogP contribution < -0.4 is 10.2 Å². The molecule has 0 spiro atoms. The number of anilines is 1. The van der Waals surface area contributed by atoms with Crippen molar-refractivity contribution in [2.24, 2.45) is 18.9 Å². The number of benzene rings is 2. The second-order valence-electron chi connectivity index (χ2n) is 10.9. The van der Waals surface area contributed by atoms with Crippen molar-refractivity contribution < 1.29 is 4.79 Å². The van der Waals surface area contributed by atoms with Gasteiger partial charge in [-0.25, -0.2) is 0 Å². The quantitative estimate of drug-likeness (QED) is 0.408. The highest BCUT2D eigenvalue weighted by atomic mass is 35.5. The van der Waals surface area contributed by atoms with Crippen LogP contribution in [-0.4, -0.2) is 27.2 Å². The van der Waals surface area contributed by atoms with Crippen molar-refractivity contribution in [3.63, 3.8) is 0 Å². The molecule has 0 bridgehead atoms. The Bertz CT molecular complexity index is 1280. The summed E-state index contributed by atoms with van der Waals surface area (Å²) in [5.74, 6) is 2.54. The lowest BCUT2D eigenvalue weighted by atomic mass is 9.72. The second-order valence-corrected chi connectivity index (χ2v) is 11.3. The Morgan fingerprint density at radius 2 is 1.92 bits per heavy atom. The van der Waals surface area contributed by atoms with Crippen LogP contribution in [0.5, 0.6) is 0 Å². The summed E-state index contributed by atoms with van der Waals surface area (Å²) in [4.78, 5) is 15.5. The summed E-state index contributed by atoms with van der Waals surface area (Å²) in [6.07, 6.45) is 9.39. The largest absolute Gasteiger partial charge is 0.320 e. The van der Waals surface area contributed by atoms with Gasteiger partial charge in [-0.05, 0) is 86.4 Å². The van der Waals surface area contributed by atoms with Crippen molar-refractivity contribution in [2.75, 3.05) is 11.4 Å². The number of fused-ring (bicyclic) bond motifs is 1. The summed E-state index contributed by atoms with van der Waals surface area (Å²) in [6, 6.07) is 12.7. The molecule has 2 atom stereocenters. The third kappa shape index (κ3) is 4.24. The Kier molecular flexibility index (Phi) is 6.34. The molecule has 6 nitrogen and oxygen atoms in total. The maximum Gasteiger partial charge on any atom is 0.258 e. The van der Waals surface area contributed by atoms with E-state index in [0.29, 0.717) is 17.5 Å². The van der Waals surface area contributed by atoms with E-state index in [4.69, 9.17) is 11.6 Å². The number of amides is 1. The molecular formula is C29H34ClN5O. The Morgan fingerprint density at radius 1 is 1.11 bits per heavy atom. The van der Waals surface area contributed by atoms with Crippen molar-refractivity contribution in [3.8, 4) is 0 Å². The van der Waals surface area contributed by atoms with Crippen LogP contribution in [0.4, 0.5) is 5.69 Å². The summed E-state index contributed by atoms with van der Waals surface area (Å²) < 4.78 is 2.02. The Hall–Kier alpha value is -2.70. The highest BCUT2D eigenvalue weighted by molar-refractivity contribution is 6.32. The lowest BCUT2D eigenvalue weighted by Gasteiger charge is -2.33.